The monoisotopic (exact) mass is 402 g/mol. The highest BCUT2D eigenvalue weighted by molar-refractivity contribution is 7.99. The molecule has 7 heteroatoms. The van der Waals surface area contributed by atoms with Crippen LogP contribution in [0.2, 0.25) is 0 Å². The number of aliphatic hydroxyl groups is 1. The molecule has 0 saturated carbocycles. The van der Waals surface area contributed by atoms with Gasteiger partial charge in [-0.25, -0.2) is 0 Å². The minimum atomic E-state index is -0.396. The van der Waals surface area contributed by atoms with Gasteiger partial charge in [0.05, 0.1) is 22.5 Å². The number of carbonyl (C=O) groups is 1. The Morgan fingerprint density at radius 1 is 1.10 bits per heavy atom. The number of pyridine rings is 1. The number of nitrogens with one attached hydrogen (secondary N) is 2. The Balaban J connectivity index is 1.58. The minimum Gasteiger partial charge on any atom is -0.376 e. The van der Waals surface area contributed by atoms with E-state index in [1.807, 2.05) is 60.7 Å². The number of aliphatic hydroxyl groups excluding tert-OH is 1. The normalized spacial score (nSPS) is 11.2. The third-order valence-corrected chi connectivity index (χ3v) is 5.33. The fraction of sp³-hybridized carbons (Fsp3) is 0.0455. The van der Waals surface area contributed by atoms with Crippen molar-refractivity contribution in [3.63, 3.8) is 0 Å². The molecule has 6 nitrogen and oxygen atoms in total. The molecule has 29 heavy (non-hydrogen) atoms. The minimum absolute atomic E-state index is 0.305. The van der Waals surface area contributed by atoms with Crippen LogP contribution in [-0.2, 0) is 0 Å². The molecular formula is C22H18N4O2S. The zero-order valence-electron chi connectivity index (χ0n) is 15.4. The summed E-state index contributed by atoms with van der Waals surface area (Å²) in [5.74, 6) is -0.305. The maximum absolute atomic E-state index is 12.1. The van der Waals surface area contributed by atoms with E-state index in [4.69, 9.17) is 5.11 Å². The molecule has 0 radical (unpaired) electrons. The molecule has 4 aromatic rings. The summed E-state index contributed by atoms with van der Waals surface area (Å²) < 4.78 is 0. The largest absolute Gasteiger partial charge is 0.376 e. The second-order valence-electron chi connectivity index (χ2n) is 6.17. The molecule has 0 saturated heterocycles. The fourth-order valence-corrected chi connectivity index (χ4v) is 3.87. The summed E-state index contributed by atoms with van der Waals surface area (Å²) in [6.07, 6.45) is 5.61. The number of nitrogens with zero attached hydrogens (tertiary/aromatic N) is 2. The molecule has 4 rings (SSSR count). The molecule has 2 heterocycles. The number of hydrogen-bond acceptors (Lipinski definition) is 5. The van der Waals surface area contributed by atoms with Crippen molar-refractivity contribution in [1.82, 2.24) is 20.5 Å². The van der Waals surface area contributed by atoms with Crippen molar-refractivity contribution >= 4 is 40.7 Å². The molecule has 3 N–H and O–H groups in total. The van der Waals surface area contributed by atoms with Crippen LogP contribution in [0.25, 0.3) is 23.1 Å². The van der Waals surface area contributed by atoms with Crippen molar-refractivity contribution in [2.75, 3.05) is 6.73 Å². The standard InChI is InChI=1S/C22H18N4O2S/c27-14-24-22(28)18-6-1-2-7-21(18)29-16-9-10-17-19(25-26-20(17)13-16)11-8-15-5-3-4-12-23-15/h1-13,27H,14H2,(H,24,28)(H,25,26)/b11-8+. The first kappa shape index (κ1) is 18.9. The molecular weight excluding hydrogens is 384 g/mol. The maximum atomic E-state index is 12.1. The number of H-pyrrole nitrogens is 1. The number of aromatic amines is 1. The van der Waals surface area contributed by atoms with Gasteiger partial charge in [-0.2, -0.15) is 5.10 Å². The highest BCUT2D eigenvalue weighted by Gasteiger charge is 2.12. The van der Waals surface area contributed by atoms with Crippen LogP contribution >= 0.6 is 11.8 Å². The van der Waals surface area contributed by atoms with E-state index in [1.54, 1.807) is 18.3 Å². The maximum Gasteiger partial charge on any atom is 0.254 e. The Bertz CT molecular complexity index is 1170. The topological polar surface area (TPSA) is 90.9 Å². The molecule has 1 amide bonds. The van der Waals surface area contributed by atoms with Crippen molar-refractivity contribution in [2.24, 2.45) is 0 Å². The molecule has 0 aliphatic carbocycles. The van der Waals surface area contributed by atoms with Crippen molar-refractivity contribution in [1.29, 1.82) is 0 Å². The molecule has 0 aliphatic rings. The van der Waals surface area contributed by atoms with Crippen LogP contribution in [0.4, 0.5) is 0 Å². The van der Waals surface area contributed by atoms with Crippen LogP contribution in [0, 0.1) is 0 Å². The van der Waals surface area contributed by atoms with Crippen LogP contribution < -0.4 is 5.32 Å². The molecule has 144 valence electrons. The third-order valence-electron chi connectivity index (χ3n) is 4.26. The van der Waals surface area contributed by atoms with Gasteiger partial charge in [0.15, 0.2) is 0 Å². The van der Waals surface area contributed by atoms with Gasteiger partial charge in [-0.05, 0) is 54.6 Å². The van der Waals surface area contributed by atoms with E-state index in [9.17, 15) is 4.79 Å². The average molecular weight is 402 g/mol. The summed E-state index contributed by atoms with van der Waals surface area (Å²) in [5, 5.41) is 19.8. The zero-order valence-corrected chi connectivity index (χ0v) is 16.2. The van der Waals surface area contributed by atoms with Gasteiger partial charge in [-0.15, -0.1) is 0 Å². The van der Waals surface area contributed by atoms with Gasteiger partial charge >= 0.3 is 0 Å². The number of carbonyl (C=O) groups excluding carboxylic acids is 1. The molecule has 0 atom stereocenters. The van der Waals surface area contributed by atoms with Gasteiger partial charge in [0.1, 0.15) is 6.73 Å². The van der Waals surface area contributed by atoms with Crippen LogP contribution in [0.5, 0.6) is 0 Å². The fourth-order valence-electron chi connectivity index (χ4n) is 2.89. The number of aromatic nitrogens is 3. The number of benzene rings is 2. The lowest BCUT2D eigenvalue weighted by molar-refractivity contribution is 0.0907. The molecule has 0 bridgehead atoms. The Hall–Kier alpha value is -3.42. The molecule has 0 unspecified atom stereocenters. The van der Waals surface area contributed by atoms with E-state index in [2.05, 4.69) is 20.5 Å². The Morgan fingerprint density at radius 3 is 2.79 bits per heavy atom. The summed E-state index contributed by atoms with van der Waals surface area (Å²) in [7, 11) is 0. The summed E-state index contributed by atoms with van der Waals surface area (Å²) in [5.41, 5.74) is 3.14. The van der Waals surface area contributed by atoms with Crippen LogP contribution in [0.15, 0.2) is 76.7 Å². The van der Waals surface area contributed by atoms with Crippen LogP contribution in [-0.4, -0.2) is 32.9 Å². The van der Waals surface area contributed by atoms with E-state index in [0.717, 1.165) is 32.1 Å². The average Bonchev–Trinajstić information content (AvgIpc) is 3.16. The Morgan fingerprint density at radius 2 is 1.97 bits per heavy atom. The van der Waals surface area contributed by atoms with E-state index in [0.29, 0.717) is 5.56 Å². The quantitative estimate of drug-likeness (QED) is 0.425. The lowest BCUT2D eigenvalue weighted by Gasteiger charge is -2.08. The first-order valence-corrected chi connectivity index (χ1v) is 9.79. The number of fused-ring (bicyclic) bond motifs is 1. The van der Waals surface area contributed by atoms with E-state index >= 15 is 0 Å². The highest BCUT2D eigenvalue weighted by atomic mass is 32.2. The molecule has 2 aromatic heterocycles. The highest BCUT2D eigenvalue weighted by Crippen LogP contribution is 2.32. The van der Waals surface area contributed by atoms with Gasteiger partial charge in [0.2, 0.25) is 0 Å². The van der Waals surface area contributed by atoms with Crippen molar-refractivity contribution in [3.05, 3.63) is 83.8 Å². The van der Waals surface area contributed by atoms with E-state index in [1.165, 1.54) is 11.8 Å². The predicted octanol–water partition coefficient (Wildman–Crippen LogP) is 3.96. The lowest BCUT2D eigenvalue weighted by Crippen LogP contribution is -2.24. The molecule has 0 aliphatic heterocycles. The number of rotatable bonds is 6. The Kier molecular flexibility index (Phi) is 5.69. The van der Waals surface area contributed by atoms with Crippen LogP contribution in [0.1, 0.15) is 21.7 Å². The summed E-state index contributed by atoms with van der Waals surface area (Å²) >= 11 is 1.48. The second-order valence-corrected chi connectivity index (χ2v) is 7.28. The van der Waals surface area contributed by atoms with Gasteiger partial charge in [0, 0.05) is 21.4 Å². The first-order valence-electron chi connectivity index (χ1n) is 8.98. The SMILES string of the molecule is O=C(NCO)c1ccccc1Sc1ccc2c(/C=C/c3ccccn3)n[nH]c2c1. The summed E-state index contributed by atoms with van der Waals surface area (Å²) in [6.45, 7) is -0.396. The summed E-state index contributed by atoms with van der Waals surface area (Å²) in [6, 6.07) is 19.1. The smallest absolute Gasteiger partial charge is 0.254 e. The zero-order chi connectivity index (χ0) is 20.1. The van der Waals surface area contributed by atoms with Crippen molar-refractivity contribution in [3.8, 4) is 0 Å². The molecule has 0 spiro atoms. The van der Waals surface area contributed by atoms with Crippen molar-refractivity contribution in [2.45, 2.75) is 9.79 Å². The Labute approximate surface area is 171 Å². The van der Waals surface area contributed by atoms with Gasteiger partial charge in [-0.3, -0.25) is 14.9 Å². The molecule has 0 fully saturated rings. The van der Waals surface area contributed by atoms with Gasteiger partial charge in [0.25, 0.3) is 5.91 Å². The number of amides is 1. The predicted molar refractivity (Wildman–Crippen MR) is 114 cm³/mol. The number of hydrogen-bond donors (Lipinski definition) is 3. The van der Waals surface area contributed by atoms with E-state index < -0.39 is 6.73 Å². The van der Waals surface area contributed by atoms with Crippen LogP contribution in [0.3, 0.4) is 0 Å². The van der Waals surface area contributed by atoms with E-state index in [-0.39, 0.29) is 5.91 Å². The third kappa shape index (κ3) is 4.37. The van der Waals surface area contributed by atoms with Gasteiger partial charge < -0.3 is 10.4 Å². The lowest BCUT2D eigenvalue weighted by atomic mass is 10.2. The first-order chi connectivity index (χ1) is 14.2. The molecule has 2 aromatic carbocycles. The second kappa shape index (κ2) is 8.72. The summed E-state index contributed by atoms with van der Waals surface area (Å²) in [4.78, 5) is 18.2. The van der Waals surface area contributed by atoms with Gasteiger partial charge in [-0.1, -0.05) is 30.0 Å². The van der Waals surface area contributed by atoms with Crippen molar-refractivity contribution < 1.29 is 9.90 Å².